The number of cyclic esters (lactones) is 1. The minimum atomic E-state index is -1.39. The maximum absolute atomic E-state index is 12.5. The number of ether oxygens (including phenoxy) is 2. The van der Waals surface area contributed by atoms with E-state index in [1.54, 1.807) is 13.0 Å². The predicted octanol–water partition coefficient (Wildman–Crippen LogP) is 5.04. The van der Waals surface area contributed by atoms with Crippen molar-refractivity contribution < 1.29 is 34.3 Å². The lowest BCUT2D eigenvalue weighted by Crippen LogP contribution is -2.48. The van der Waals surface area contributed by atoms with Crippen molar-refractivity contribution in [3.8, 4) is 0 Å². The van der Waals surface area contributed by atoms with Gasteiger partial charge in [-0.25, -0.2) is 14.5 Å². The summed E-state index contributed by atoms with van der Waals surface area (Å²) in [6.07, 6.45) is 9.49. The molecule has 2 heterocycles. The first-order valence-electron chi connectivity index (χ1n) is 13.9. The van der Waals surface area contributed by atoms with Crippen molar-refractivity contribution in [3.63, 3.8) is 0 Å². The quantitative estimate of drug-likeness (QED) is 0.231. The molecule has 4 aliphatic carbocycles. The molecule has 7 heteroatoms. The Hall–Kier alpha value is -1.96. The Kier molecular flexibility index (Phi) is 5.49. The maximum Gasteiger partial charge on any atom is 0.338 e. The van der Waals surface area contributed by atoms with Crippen molar-refractivity contribution >= 4 is 11.9 Å². The Bertz CT molecular complexity index is 1140. The lowest BCUT2D eigenvalue weighted by molar-refractivity contribution is -0.260. The summed E-state index contributed by atoms with van der Waals surface area (Å²) >= 11 is 0. The molecular formula is C30H40O7. The van der Waals surface area contributed by atoms with Crippen molar-refractivity contribution in [1.29, 1.82) is 0 Å². The number of hydrogen-bond acceptors (Lipinski definition) is 7. The number of fused-ring (bicyclic) bond motifs is 4. The van der Waals surface area contributed by atoms with Gasteiger partial charge in [-0.3, -0.25) is 5.26 Å². The first kappa shape index (κ1) is 25.3. The maximum atomic E-state index is 12.5. The zero-order valence-electron chi connectivity index (χ0n) is 22.6. The van der Waals surface area contributed by atoms with Crippen LogP contribution in [0.1, 0.15) is 86.0 Å². The first-order valence-corrected chi connectivity index (χ1v) is 13.9. The van der Waals surface area contributed by atoms with Crippen LogP contribution >= 0.6 is 0 Å². The molecule has 0 aromatic carbocycles. The third kappa shape index (κ3) is 3.36. The number of allylic oxidation sites excluding steroid dienone is 1. The van der Waals surface area contributed by atoms with Crippen molar-refractivity contribution in [2.24, 2.45) is 28.6 Å². The summed E-state index contributed by atoms with van der Waals surface area (Å²) in [7, 11) is 0. The Morgan fingerprint density at radius 3 is 2.43 bits per heavy atom. The third-order valence-corrected chi connectivity index (χ3v) is 11.7. The van der Waals surface area contributed by atoms with E-state index in [1.807, 2.05) is 13.8 Å². The van der Waals surface area contributed by atoms with Crippen LogP contribution < -0.4 is 0 Å². The van der Waals surface area contributed by atoms with E-state index in [0.717, 1.165) is 68.1 Å². The van der Waals surface area contributed by atoms with Crippen LogP contribution in [-0.4, -0.2) is 45.7 Å². The number of aliphatic hydroxyl groups is 1. The Morgan fingerprint density at radius 2 is 1.70 bits per heavy atom. The van der Waals surface area contributed by atoms with Gasteiger partial charge >= 0.3 is 11.9 Å². The summed E-state index contributed by atoms with van der Waals surface area (Å²) in [4.78, 5) is 30.0. The van der Waals surface area contributed by atoms with Crippen LogP contribution in [0, 0.1) is 28.6 Å². The normalized spacial score (nSPS) is 46.5. The van der Waals surface area contributed by atoms with E-state index >= 15 is 0 Å². The summed E-state index contributed by atoms with van der Waals surface area (Å²) in [5.74, 6) is -0.246. The molecule has 6 rings (SSSR count). The highest BCUT2D eigenvalue weighted by Crippen LogP contribution is 2.70. The van der Waals surface area contributed by atoms with Crippen molar-refractivity contribution in [2.45, 2.75) is 109 Å². The average molecular weight is 513 g/mol. The highest BCUT2D eigenvalue weighted by molar-refractivity contribution is 5.84. The Balaban J connectivity index is 1.37. The summed E-state index contributed by atoms with van der Waals surface area (Å²) in [5, 5.41) is 21.0. The first-order chi connectivity index (χ1) is 17.3. The van der Waals surface area contributed by atoms with E-state index in [-0.39, 0.29) is 34.7 Å². The van der Waals surface area contributed by atoms with Crippen molar-refractivity contribution in [2.75, 3.05) is 0 Å². The summed E-state index contributed by atoms with van der Waals surface area (Å²) in [6, 6.07) is 0. The molecule has 1 saturated heterocycles. The van der Waals surface area contributed by atoms with Crippen LogP contribution in [0.25, 0.3) is 0 Å². The van der Waals surface area contributed by atoms with Crippen LogP contribution in [0.3, 0.4) is 0 Å². The molecule has 0 spiro atoms. The highest BCUT2D eigenvalue weighted by Gasteiger charge is 2.64. The molecular weight excluding hydrogens is 472 g/mol. The molecule has 8 unspecified atom stereocenters. The van der Waals surface area contributed by atoms with Gasteiger partial charge in [0.1, 0.15) is 17.8 Å². The van der Waals surface area contributed by atoms with Crippen LogP contribution in [0.2, 0.25) is 0 Å². The van der Waals surface area contributed by atoms with E-state index < -0.39 is 23.3 Å². The fraction of sp³-hybridized carbons (Fsp3) is 0.733. The van der Waals surface area contributed by atoms with E-state index in [0.29, 0.717) is 5.92 Å². The van der Waals surface area contributed by atoms with Crippen molar-refractivity contribution in [3.05, 3.63) is 34.4 Å². The summed E-state index contributed by atoms with van der Waals surface area (Å²) in [6.45, 7) is 10.2. The third-order valence-electron chi connectivity index (χ3n) is 11.7. The topological polar surface area (TPSA) is 102 Å². The summed E-state index contributed by atoms with van der Waals surface area (Å²) < 4.78 is 11.6. The molecule has 37 heavy (non-hydrogen) atoms. The number of esters is 2. The van der Waals surface area contributed by atoms with Gasteiger partial charge in [-0.05, 0) is 118 Å². The summed E-state index contributed by atoms with van der Waals surface area (Å²) in [5.41, 5.74) is 2.10. The fourth-order valence-electron chi connectivity index (χ4n) is 9.40. The number of hydrogen-bond donors (Lipinski definition) is 2. The number of carbonyl (C=O) groups excluding carboxylic acids is 2. The van der Waals surface area contributed by atoms with Gasteiger partial charge in [-0.2, -0.15) is 0 Å². The van der Waals surface area contributed by atoms with Gasteiger partial charge in [0.15, 0.2) is 5.60 Å². The zero-order valence-corrected chi connectivity index (χ0v) is 22.6. The smallest absolute Gasteiger partial charge is 0.338 e. The second-order valence-electron chi connectivity index (χ2n) is 13.5. The molecule has 0 aromatic heterocycles. The molecule has 2 aliphatic heterocycles. The van der Waals surface area contributed by atoms with E-state index in [1.165, 1.54) is 11.6 Å². The Morgan fingerprint density at radius 1 is 0.973 bits per heavy atom. The second kappa shape index (κ2) is 8.03. The Labute approximate surface area is 218 Å². The standard InChI is InChI=1S/C30H40O7/c1-27(2)20-7-8-21-18(25(37-34)17(20)6-9-24(31)36-27)10-12-28(3)22(11-13-29(21,28)4)19-14-16-15-23(19)35-26(32)30(16,5)33/h6,9,16,19,22-23,25,33-34H,7-8,10-15H2,1-5H3. The monoisotopic (exact) mass is 512 g/mol. The predicted molar refractivity (Wildman–Crippen MR) is 135 cm³/mol. The van der Waals surface area contributed by atoms with E-state index in [9.17, 15) is 20.0 Å². The molecule has 0 radical (unpaired) electrons. The molecule has 2 saturated carbocycles. The van der Waals surface area contributed by atoms with Gasteiger partial charge in [0, 0.05) is 12.0 Å². The lowest BCUT2D eigenvalue weighted by atomic mass is 9.52. The van der Waals surface area contributed by atoms with Gasteiger partial charge in [0.25, 0.3) is 0 Å². The van der Waals surface area contributed by atoms with Crippen molar-refractivity contribution in [1.82, 2.24) is 0 Å². The number of carbonyl (C=O) groups is 2. The number of rotatable bonds is 2. The SMILES string of the molecule is CC1(C)OC(=O)C=CC2=C1CCC1=C(CCC3(C)C(C4CC5CC4OC(=O)C5(C)O)CCC13C)C2OO. The minimum Gasteiger partial charge on any atom is -0.460 e. The molecule has 202 valence electrons. The van der Waals surface area contributed by atoms with Gasteiger partial charge in [-0.1, -0.05) is 19.4 Å². The highest BCUT2D eigenvalue weighted by atomic mass is 17.1. The van der Waals surface area contributed by atoms with Crippen LogP contribution in [0.5, 0.6) is 0 Å². The zero-order chi connectivity index (χ0) is 26.5. The van der Waals surface area contributed by atoms with Crippen LogP contribution in [0.4, 0.5) is 0 Å². The minimum absolute atomic E-state index is 0.00576. The molecule has 2 bridgehead atoms. The second-order valence-corrected chi connectivity index (χ2v) is 13.5. The molecule has 0 aromatic rings. The average Bonchev–Trinajstić information content (AvgIpc) is 3.22. The van der Waals surface area contributed by atoms with Gasteiger partial charge in [-0.15, -0.1) is 0 Å². The van der Waals surface area contributed by atoms with E-state index in [2.05, 4.69) is 13.8 Å². The van der Waals surface area contributed by atoms with Crippen LogP contribution in [-0.2, 0) is 24.0 Å². The van der Waals surface area contributed by atoms with Crippen LogP contribution in [0.15, 0.2) is 34.4 Å². The molecule has 6 aliphatic rings. The van der Waals surface area contributed by atoms with Gasteiger partial charge in [0.05, 0.1) is 0 Å². The molecule has 2 N–H and O–H groups in total. The molecule has 0 amide bonds. The van der Waals surface area contributed by atoms with E-state index in [4.69, 9.17) is 14.4 Å². The largest absolute Gasteiger partial charge is 0.460 e. The fourth-order valence-corrected chi connectivity index (χ4v) is 9.40. The van der Waals surface area contributed by atoms with Gasteiger partial charge in [0.2, 0.25) is 0 Å². The lowest BCUT2D eigenvalue weighted by Gasteiger charge is -2.52. The molecule has 3 fully saturated rings. The van der Waals surface area contributed by atoms with Gasteiger partial charge < -0.3 is 14.6 Å². The molecule has 8 atom stereocenters. The molecule has 7 nitrogen and oxygen atoms in total.